The number of likely N-dealkylation sites (N-methyl/N-ethyl adjacent to an activating group) is 1. The van der Waals surface area contributed by atoms with Crippen LogP contribution in [0.3, 0.4) is 0 Å². The van der Waals surface area contributed by atoms with Crippen molar-refractivity contribution in [1.82, 2.24) is 0 Å². The van der Waals surface area contributed by atoms with Crippen LogP contribution in [-0.2, 0) is 4.57 Å². The molecule has 8 heteroatoms. The van der Waals surface area contributed by atoms with Gasteiger partial charge in [0.15, 0.2) is 0 Å². The Bertz CT molecular complexity index is 202. The molecule has 0 bridgehead atoms. The minimum atomic E-state index is -5.14. The lowest BCUT2D eigenvalue weighted by molar-refractivity contribution is -0.870. The summed E-state index contributed by atoms with van der Waals surface area (Å²) < 4.78 is 10.5. The highest BCUT2D eigenvalue weighted by Crippen LogP contribution is 2.11. The molecule has 0 aliphatic heterocycles. The summed E-state index contributed by atoms with van der Waals surface area (Å²) >= 11 is 0. The number of aliphatic hydroxyl groups is 1. The van der Waals surface area contributed by atoms with E-state index in [1.165, 1.54) is 0 Å². The van der Waals surface area contributed by atoms with Crippen LogP contribution in [0, 0.1) is 0 Å². The second kappa shape index (κ2) is 8.99. The lowest BCUT2D eigenvalue weighted by atomic mass is 10.5. The molecule has 0 aliphatic carbocycles. The van der Waals surface area contributed by atoms with E-state index >= 15 is 0 Å². The lowest BCUT2D eigenvalue weighted by Crippen LogP contribution is -2.36. The van der Waals surface area contributed by atoms with Gasteiger partial charge in [-0.25, -0.2) is 0 Å². The maximum atomic E-state index is 8.66. The first-order valence-electron chi connectivity index (χ1n) is 5.01. The van der Waals surface area contributed by atoms with Crippen molar-refractivity contribution in [2.45, 2.75) is 0 Å². The van der Waals surface area contributed by atoms with Gasteiger partial charge in [0.2, 0.25) is 0 Å². The van der Waals surface area contributed by atoms with Crippen molar-refractivity contribution in [3.63, 3.8) is 0 Å². The Morgan fingerprint density at radius 2 is 1.18 bits per heavy atom. The van der Waals surface area contributed by atoms with Crippen molar-refractivity contribution in [3.05, 3.63) is 0 Å². The third-order valence-corrected chi connectivity index (χ3v) is 0.771. The van der Waals surface area contributed by atoms with Gasteiger partial charge in [0.1, 0.15) is 6.54 Å². The van der Waals surface area contributed by atoms with Crippen LogP contribution in [-0.4, -0.2) is 81.5 Å². The molecule has 0 amide bonds. The number of rotatable bonds is 2. The SMILES string of the molecule is C[N+](C)(C)C.C[N+](C)(C)CCO.O=P([O-])([O-])O. The predicted octanol–water partition coefficient (Wildman–Crippen LogP) is -2.19. The standard InChI is InChI=1S/C5H14NO.C4H12N.H3O4P/c1-6(2,3)4-5-7;2*1-5(2,3)4/h7H,4-5H2,1-3H3;1-4H3;(H3,1,2,3,4)/q2*+1;/p-2. The van der Waals surface area contributed by atoms with E-state index in [4.69, 9.17) is 24.4 Å². The van der Waals surface area contributed by atoms with Crippen LogP contribution < -0.4 is 9.79 Å². The first kappa shape index (κ1) is 22.2. The molecule has 17 heavy (non-hydrogen) atoms. The first-order chi connectivity index (χ1) is 7.06. The molecular formula is C9H27N2O5P. The summed E-state index contributed by atoms with van der Waals surface area (Å²) in [5.41, 5.74) is 0. The Kier molecular flexibility index (Phi) is 11.7. The zero-order valence-corrected chi connectivity index (χ0v) is 12.8. The Hall–Kier alpha value is -0.0100. The van der Waals surface area contributed by atoms with Crippen LogP contribution >= 0.6 is 7.82 Å². The minimum Gasteiger partial charge on any atom is -0.790 e. The van der Waals surface area contributed by atoms with Gasteiger partial charge in [-0.1, -0.05) is 0 Å². The Morgan fingerprint density at radius 3 is 1.18 bits per heavy atom. The summed E-state index contributed by atoms with van der Waals surface area (Å²) in [5.74, 6) is 0. The van der Waals surface area contributed by atoms with Crippen LogP contribution in [0.1, 0.15) is 0 Å². The fourth-order valence-corrected chi connectivity index (χ4v) is 0.300. The largest absolute Gasteiger partial charge is 0.790 e. The van der Waals surface area contributed by atoms with E-state index in [0.717, 1.165) is 15.5 Å². The summed E-state index contributed by atoms with van der Waals surface area (Å²) in [7, 11) is 9.52. The molecular weight excluding hydrogens is 247 g/mol. The highest BCUT2D eigenvalue weighted by molar-refractivity contribution is 7.42. The normalized spacial score (nSPS) is 11.9. The fraction of sp³-hybridized carbons (Fsp3) is 1.00. The van der Waals surface area contributed by atoms with Gasteiger partial charge in [0.25, 0.3) is 0 Å². The molecule has 0 saturated carbocycles. The zero-order valence-electron chi connectivity index (χ0n) is 11.9. The molecule has 0 aliphatic rings. The molecule has 0 aromatic carbocycles. The topological polar surface area (TPSA) is 104 Å². The highest BCUT2D eigenvalue weighted by Gasteiger charge is 2.02. The van der Waals surface area contributed by atoms with Crippen LogP contribution in [0.4, 0.5) is 0 Å². The molecule has 0 spiro atoms. The molecule has 2 N–H and O–H groups in total. The van der Waals surface area contributed by atoms with Gasteiger partial charge < -0.3 is 33.3 Å². The van der Waals surface area contributed by atoms with E-state index in [2.05, 4.69) is 49.3 Å². The van der Waals surface area contributed by atoms with E-state index in [-0.39, 0.29) is 6.61 Å². The predicted molar refractivity (Wildman–Crippen MR) is 63.8 cm³/mol. The summed E-state index contributed by atoms with van der Waals surface area (Å²) in [6.45, 7) is 1.11. The zero-order chi connectivity index (χ0) is 14.9. The number of aliphatic hydroxyl groups excluding tert-OH is 1. The maximum Gasteiger partial charge on any atom is 0.101 e. The van der Waals surface area contributed by atoms with Gasteiger partial charge >= 0.3 is 0 Å². The van der Waals surface area contributed by atoms with Crippen LogP contribution in [0.2, 0.25) is 0 Å². The summed E-state index contributed by atoms with van der Waals surface area (Å²) in [6, 6.07) is 0. The van der Waals surface area contributed by atoms with E-state index < -0.39 is 7.82 Å². The van der Waals surface area contributed by atoms with Gasteiger partial charge in [-0.15, -0.1) is 0 Å². The van der Waals surface area contributed by atoms with Gasteiger partial charge in [0.05, 0.1) is 63.8 Å². The van der Waals surface area contributed by atoms with E-state index in [1.807, 2.05) is 0 Å². The van der Waals surface area contributed by atoms with Crippen LogP contribution in [0.25, 0.3) is 0 Å². The molecule has 0 saturated heterocycles. The lowest BCUT2D eigenvalue weighted by Gasteiger charge is -2.21. The quantitative estimate of drug-likeness (QED) is 0.440. The third-order valence-electron chi connectivity index (χ3n) is 0.771. The maximum absolute atomic E-state index is 8.66. The van der Waals surface area contributed by atoms with E-state index in [9.17, 15) is 0 Å². The van der Waals surface area contributed by atoms with Gasteiger partial charge in [-0.2, -0.15) is 0 Å². The molecule has 0 rings (SSSR count). The number of nitrogens with zero attached hydrogens (tertiary/aromatic N) is 2. The first-order valence-corrected chi connectivity index (χ1v) is 6.51. The molecule has 108 valence electrons. The van der Waals surface area contributed by atoms with Crippen molar-refractivity contribution in [2.24, 2.45) is 0 Å². The summed E-state index contributed by atoms with van der Waals surface area (Å²) in [5, 5.41) is 8.39. The van der Waals surface area contributed by atoms with Gasteiger partial charge in [0, 0.05) is 0 Å². The smallest absolute Gasteiger partial charge is 0.101 e. The average Bonchev–Trinajstić information content (AvgIpc) is 1.73. The van der Waals surface area contributed by atoms with Crippen LogP contribution in [0.15, 0.2) is 0 Å². The average molecular weight is 274 g/mol. The number of hydrogen-bond acceptors (Lipinski definition) is 4. The Morgan fingerprint density at radius 1 is 1.00 bits per heavy atom. The minimum absolute atomic E-state index is 0.281. The number of phosphoric acid groups is 1. The van der Waals surface area contributed by atoms with Crippen molar-refractivity contribution < 1.29 is 33.3 Å². The van der Waals surface area contributed by atoms with E-state index in [1.54, 1.807) is 0 Å². The molecule has 0 aromatic rings. The molecule has 0 fully saturated rings. The number of quaternary nitrogens is 2. The Labute approximate surface area is 104 Å². The second-order valence-electron chi connectivity index (χ2n) is 5.89. The van der Waals surface area contributed by atoms with Crippen molar-refractivity contribution in [3.8, 4) is 0 Å². The third kappa shape index (κ3) is 197. The molecule has 0 heterocycles. The number of hydrogen-bond donors (Lipinski definition) is 2. The van der Waals surface area contributed by atoms with Crippen molar-refractivity contribution in [1.29, 1.82) is 0 Å². The monoisotopic (exact) mass is 274 g/mol. The molecule has 0 radical (unpaired) electrons. The molecule has 0 unspecified atom stereocenters. The summed E-state index contributed by atoms with van der Waals surface area (Å²) in [6.07, 6.45) is 0. The van der Waals surface area contributed by atoms with Crippen molar-refractivity contribution in [2.75, 3.05) is 62.5 Å². The summed E-state index contributed by atoms with van der Waals surface area (Å²) in [4.78, 5) is 24.3. The van der Waals surface area contributed by atoms with E-state index in [0.29, 0.717) is 0 Å². The second-order valence-corrected chi connectivity index (χ2v) is 6.83. The molecule has 0 atom stereocenters. The van der Waals surface area contributed by atoms with Crippen molar-refractivity contribution >= 4 is 7.82 Å². The fourth-order valence-electron chi connectivity index (χ4n) is 0.300. The Balaban J connectivity index is -0.000000177. The van der Waals surface area contributed by atoms with Crippen LogP contribution in [0.5, 0.6) is 0 Å². The highest BCUT2D eigenvalue weighted by atomic mass is 31.2. The molecule has 0 aromatic heterocycles. The van der Waals surface area contributed by atoms with Gasteiger partial charge in [-0.05, 0) is 0 Å². The van der Waals surface area contributed by atoms with Gasteiger partial charge in [-0.3, -0.25) is 0 Å². The molecule has 7 nitrogen and oxygen atoms in total.